The maximum Gasteiger partial charge on any atom is 0.563 e. The summed E-state index contributed by atoms with van der Waals surface area (Å²) in [6.07, 6.45) is 3.47. The standard InChI is InChI=1S/C14H17FN5O5PS.C2H6/c15-10-4-3-9(11(8-10)23-26(22,24-16)25-17)7-12-13(21)19-14(27-12)20-6-2-1-5-18-20;1-2/h3-4,7-8,18H,1-2,5-6,16-17H2;1-2H3/b12-7-;. The summed E-state index contributed by atoms with van der Waals surface area (Å²) in [5.41, 5.74) is 3.40. The van der Waals surface area contributed by atoms with Crippen LogP contribution in [0.2, 0.25) is 0 Å². The molecule has 3 rings (SSSR count). The lowest BCUT2D eigenvalue weighted by atomic mass is 10.2. The molecule has 1 amide bonds. The molecule has 5 N–H and O–H groups in total. The van der Waals surface area contributed by atoms with Crippen LogP contribution in [0.15, 0.2) is 28.1 Å². The molecule has 1 fully saturated rings. The molecule has 160 valence electrons. The first kappa shape index (κ1) is 23.5. The number of rotatable bonds is 5. The zero-order chi connectivity index (χ0) is 21.4. The third-order valence-corrected chi connectivity index (χ3v) is 5.63. The van der Waals surface area contributed by atoms with Crippen LogP contribution in [0.1, 0.15) is 32.3 Å². The molecule has 2 aliphatic heterocycles. The van der Waals surface area contributed by atoms with Gasteiger partial charge in [-0.3, -0.25) is 9.80 Å². The van der Waals surface area contributed by atoms with Crippen LogP contribution in [0.4, 0.5) is 4.39 Å². The number of benzene rings is 1. The van der Waals surface area contributed by atoms with Crippen molar-refractivity contribution in [2.75, 3.05) is 13.1 Å². The summed E-state index contributed by atoms with van der Waals surface area (Å²) < 4.78 is 38.8. The van der Waals surface area contributed by atoms with Crippen LogP contribution in [-0.4, -0.2) is 29.2 Å². The van der Waals surface area contributed by atoms with Gasteiger partial charge in [-0.2, -0.15) is 14.2 Å². The summed E-state index contributed by atoms with van der Waals surface area (Å²) in [6.45, 7) is 5.54. The number of aliphatic imine (C=N–C) groups is 1. The minimum atomic E-state index is -4.32. The molecule has 2 aliphatic rings. The molecule has 2 heterocycles. The van der Waals surface area contributed by atoms with Crippen molar-refractivity contribution < 1.29 is 27.5 Å². The zero-order valence-corrected chi connectivity index (χ0v) is 17.7. The van der Waals surface area contributed by atoms with Crippen LogP contribution in [0.5, 0.6) is 5.75 Å². The highest BCUT2D eigenvalue weighted by molar-refractivity contribution is 8.18. The van der Waals surface area contributed by atoms with Gasteiger partial charge in [0, 0.05) is 24.7 Å². The average molecular weight is 447 g/mol. The van der Waals surface area contributed by atoms with Gasteiger partial charge in [-0.15, -0.1) is 0 Å². The fourth-order valence-corrected chi connectivity index (χ4v) is 3.85. The number of nitrogens with one attached hydrogen (secondary N) is 1. The number of phosphoric acid groups is 1. The summed E-state index contributed by atoms with van der Waals surface area (Å²) >= 11 is 1.16. The Morgan fingerprint density at radius 3 is 2.66 bits per heavy atom. The predicted octanol–water partition coefficient (Wildman–Crippen LogP) is 2.69. The smallest absolute Gasteiger partial charge is 0.401 e. The molecule has 0 aromatic heterocycles. The summed E-state index contributed by atoms with van der Waals surface area (Å²) in [5, 5.41) is 2.34. The van der Waals surface area contributed by atoms with E-state index in [1.54, 1.807) is 0 Å². The van der Waals surface area contributed by atoms with E-state index in [9.17, 15) is 13.8 Å². The first-order chi connectivity index (χ1) is 13.9. The number of carbonyl (C=O) groups is 1. The largest absolute Gasteiger partial charge is 0.563 e. The molecule has 0 atom stereocenters. The second kappa shape index (κ2) is 10.8. The number of nitrogens with two attached hydrogens (primary N) is 2. The van der Waals surface area contributed by atoms with Crippen molar-refractivity contribution in [1.82, 2.24) is 10.4 Å². The van der Waals surface area contributed by atoms with E-state index in [4.69, 9.17) is 16.3 Å². The first-order valence-electron chi connectivity index (χ1n) is 8.84. The molecule has 0 aliphatic carbocycles. The van der Waals surface area contributed by atoms with Crippen LogP contribution in [0.25, 0.3) is 6.08 Å². The van der Waals surface area contributed by atoms with E-state index in [0.717, 1.165) is 49.8 Å². The fraction of sp³-hybridized carbons (Fsp3) is 0.375. The van der Waals surface area contributed by atoms with Crippen molar-refractivity contribution in [2.45, 2.75) is 26.7 Å². The number of nitrogens with zero attached hydrogens (tertiary/aromatic N) is 2. The Labute approximate surface area is 171 Å². The van der Waals surface area contributed by atoms with Crippen LogP contribution < -0.4 is 21.7 Å². The maximum absolute atomic E-state index is 13.6. The first-order valence-corrected chi connectivity index (χ1v) is 11.1. The molecule has 0 unspecified atom stereocenters. The van der Waals surface area contributed by atoms with Gasteiger partial charge < -0.3 is 4.52 Å². The van der Waals surface area contributed by atoms with Crippen molar-refractivity contribution in [3.8, 4) is 5.75 Å². The number of amidine groups is 1. The van der Waals surface area contributed by atoms with E-state index >= 15 is 0 Å². The van der Waals surface area contributed by atoms with Crippen molar-refractivity contribution >= 4 is 36.7 Å². The van der Waals surface area contributed by atoms with Gasteiger partial charge in [0.25, 0.3) is 5.91 Å². The minimum absolute atomic E-state index is 0.223. The van der Waals surface area contributed by atoms with Gasteiger partial charge in [-0.1, -0.05) is 13.8 Å². The number of carbonyl (C=O) groups excluding carboxylic acids is 1. The van der Waals surface area contributed by atoms with E-state index < -0.39 is 19.5 Å². The molecule has 1 aromatic carbocycles. The van der Waals surface area contributed by atoms with Gasteiger partial charge >= 0.3 is 7.82 Å². The third kappa shape index (κ3) is 6.09. The van der Waals surface area contributed by atoms with E-state index in [2.05, 4.69) is 19.7 Å². The van der Waals surface area contributed by atoms with Gasteiger partial charge in [-0.05, 0) is 42.8 Å². The molecule has 1 saturated heterocycles. The third-order valence-electron chi connectivity index (χ3n) is 3.68. The van der Waals surface area contributed by atoms with Gasteiger partial charge in [0.15, 0.2) is 5.17 Å². The Kier molecular flexibility index (Phi) is 8.78. The lowest BCUT2D eigenvalue weighted by Crippen LogP contribution is -2.45. The maximum atomic E-state index is 13.6. The summed E-state index contributed by atoms with van der Waals surface area (Å²) in [6, 6.07) is 3.42. The van der Waals surface area contributed by atoms with Crippen molar-refractivity contribution in [3.05, 3.63) is 34.5 Å². The molecule has 10 nitrogen and oxygen atoms in total. The van der Waals surface area contributed by atoms with Crippen LogP contribution in [0, 0.1) is 5.82 Å². The van der Waals surface area contributed by atoms with Crippen molar-refractivity contribution in [3.63, 3.8) is 0 Å². The van der Waals surface area contributed by atoms with Crippen molar-refractivity contribution in [2.24, 2.45) is 16.8 Å². The summed E-state index contributed by atoms with van der Waals surface area (Å²) in [4.78, 5) is 16.5. The van der Waals surface area contributed by atoms with E-state index in [0.29, 0.717) is 5.17 Å². The number of hydrazine groups is 1. The minimum Gasteiger partial charge on any atom is -0.401 e. The van der Waals surface area contributed by atoms with Crippen LogP contribution in [0.3, 0.4) is 0 Å². The molecule has 0 radical (unpaired) electrons. The highest BCUT2D eigenvalue weighted by Gasteiger charge is 2.30. The molecule has 0 spiro atoms. The molecule has 0 saturated carbocycles. The SMILES string of the molecule is CC.NOP(=O)(ON)Oc1cc(F)ccc1/C=C1\SC(N2CCCCN2)=NC1=O. The Morgan fingerprint density at radius 1 is 1.31 bits per heavy atom. The van der Waals surface area contributed by atoms with Crippen molar-refractivity contribution in [1.29, 1.82) is 0 Å². The van der Waals surface area contributed by atoms with Crippen LogP contribution in [-0.2, 0) is 18.6 Å². The Hall–Kier alpha value is -1.79. The number of hydrogen-bond acceptors (Lipinski definition) is 10. The predicted molar refractivity (Wildman–Crippen MR) is 108 cm³/mol. The second-order valence-electron chi connectivity index (χ2n) is 5.51. The van der Waals surface area contributed by atoms with E-state index in [1.165, 1.54) is 12.1 Å². The number of thioether (sulfide) groups is 1. The number of halogens is 1. The van der Waals surface area contributed by atoms with Gasteiger partial charge in [0.2, 0.25) is 0 Å². The zero-order valence-electron chi connectivity index (χ0n) is 16.0. The lowest BCUT2D eigenvalue weighted by Gasteiger charge is -2.28. The lowest BCUT2D eigenvalue weighted by molar-refractivity contribution is -0.113. The highest BCUT2D eigenvalue weighted by Crippen LogP contribution is 2.47. The number of hydrogen-bond donors (Lipinski definition) is 3. The van der Waals surface area contributed by atoms with Gasteiger partial charge in [0.05, 0.1) is 4.91 Å². The average Bonchev–Trinajstić information content (AvgIpc) is 3.12. The highest BCUT2D eigenvalue weighted by atomic mass is 32.2. The summed E-state index contributed by atoms with van der Waals surface area (Å²) in [7, 11) is -4.32. The summed E-state index contributed by atoms with van der Waals surface area (Å²) in [5.74, 6) is 8.35. The topological polar surface area (TPSA) is 142 Å². The Morgan fingerprint density at radius 2 is 2.03 bits per heavy atom. The molecule has 13 heteroatoms. The molecular formula is C16H23FN5O5PS. The monoisotopic (exact) mass is 447 g/mol. The number of amides is 1. The molecule has 0 bridgehead atoms. The fourth-order valence-electron chi connectivity index (χ4n) is 2.40. The Bertz CT molecular complexity index is 839. The second-order valence-corrected chi connectivity index (χ2v) is 8.02. The van der Waals surface area contributed by atoms with E-state index in [1.807, 2.05) is 18.9 Å². The normalized spacial score (nSPS) is 18.4. The van der Waals surface area contributed by atoms with Gasteiger partial charge in [-0.25, -0.2) is 26.2 Å². The Balaban J connectivity index is 0.00000145. The molecular weight excluding hydrogens is 424 g/mol. The molecule has 29 heavy (non-hydrogen) atoms. The van der Waals surface area contributed by atoms with Crippen LogP contribution >= 0.6 is 19.6 Å². The quantitative estimate of drug-likeness (QED) is 0.350. The molecule has 1 aromatic rings. The van der Waals surface area contributed by atoms with E-state index in [-0.39, 0.29) is 16.2 Å². The van der Waals surface area contributed by atoms with Gasteiger partial charge in [0.1, 0.15) is 11.6 Å².